The third kappa shape index (κ3) is 1.12. The van der Waals surface area contributed by atoms with E-state index in [1.54, 1.807) is 11.8 Å². The van der Waals surface area contributed by atoms with Crippen molar-refractivity contribution < 1.29 is 4.74 Å². The fourth-order valence-corrected chi connectivity index (χ4v) is 3.73. The summed E-state index contributed by atoms with van der Waals surface area (Å²) in [4.78, 5) is 5.52. The lowest BCUT2D eigenvalue weighted by Crippen LogP contribution is -2.17. The Hall–Kier alpha value is -0.250. The largest absolute Gasteiger partial charge is 0.372 e. The summed E-state index contributed by atoms with van der Waals surface area (Å²) < 4.78 is 5.71. The number of hydrogen-bond acceptors (Lipinski definition) is 3. The lowest BCUT2D eigenvalue weighted by molar-refractivity contribution is 0.0589. The zero-order valence-electron chi connectivity index (χ0n) is 7.84. The van der Waals surface area contributed by atoms with Crippen molar-refractivity contribution in [3.8, 4) is 0 Å². The molecular formula is C10H10ClNOS. The molecule has 0 bridgehead atoms. The number of aryl methyl sites for hydroxylation is 1. The van der Waals surface area contributed by atoms with Gasteiger partial charge in [0.2, 0.25) is 0 Å². The maximum atomic E-state index is 6.11. The molecule has 0 aliphatic carbocycles. The zero-order chi connectivity index (χ0) is 9.71. The van der Waals surface area contributed by atoms with Gasteiger partial charge in [0.05, 0.1) is 17.6 Å². The minimum Gasteiger partial charge on any atom is -0.372 e. The Morgan fingerprint density at radius 3 is 3.29 bits per heavy atom. The molecule has 0 saturated heterocycles. The van der Waals surface area contributed by atoms with Gasteiger partial charge in [-0.25, -0.2) is 4.98 Å². The first-order valence-corrected chi connectivity index (χ1v) is 6.07. The van der Waals surface area contributed by atoms with Gasteiger partial charge in [0.1, 0.15) is 5.15 Å². The van der Waals surface area contributed by atoms with Gasteiger partial charge in [-0.3, -0.25) is 0 Å². The summed E-state index contributed by atoms with van der Waals surface area (Å²) in [7, 11) is 0. The summed E-state index contributed by atoms with van der Waals surface area (Å²) in [5.41, 5.74) is 3.76. The highest BCUT2D eigenvalue weighted by atomic mass is 35.5. The molecule has 0 N–H and O–H groups in total. The van der Waals surface area contributed by atoms with Gasteiger partial charge >= 0.3 is 0 Å². The molecule has 0 amide bonds. The number of aromatic nitrogens is 1. The number of thioether (sulfide) groups is 1. The third-order valence-electron chi connectivity index (χ3n) is 2.83. The number of pyridine rings is 1. The highest BCUT2D eigenvalue weighted by Crippen LogP contribution is 2.47. The van der Waals surface area contributed by atoms with Crippen LogP contribution in [0, 0.1) is 6.92 Å². The van der Waals surface area contributed by atoms with Gasteiger partial charge in [-0.2, -0.15) is 0 Å². The summed E-state index contributed by atoms with van der Waals surface area (Å²) in [6, 6.07) is 0. The van der Waals surface area contributed by atoms with E-state index in [-0.39, 0.29) is 6.10 Å². The van der Waals surface area contributed by atoms with Gasteiger partial charge in [0.15, 0.2) is 0 Å². The van der Waals surface area contributed by atoms with E-state index < -0.39 is 0 Å². The van der Waals surface area contributed by atoms with Crippen LogP contribution in [0.2, 0.25) is 5.15 Å². The second-order valence-corrected chi connectivity index (χ2v) is 5.02. The first kappa shape index (κ1) is 9.01. The number of rotatable bonds is 0. The molecule has 0 spiro atoms. The monoisotopic (exact) mass is 227 g/mol. The van der Waals surface area contributed by atoms with Crippen molar-refractivity contribution in [2.45, 2.75) is 24.3 Å². The van der Waals surface area contributed by atoms with E-state index in [0.717, 1.165) is 29.4 Å². The Morgan fingerprint density at radius 1 is 1.57 bits per heavy atom. The quantitative estimate of drug-likeness (QED) is 0.637. The number of hydrogen-bond donors (Lipinski definition) is 0. The smallest absolute Gasteiger partial charge is 0.143 e. The Bertz CT molecular complexity index is 408. The van der Waals surface area contributed by atoms with Crippen LogP contribution < -0.4 is 0 Å². The SMILES string of the molecule is Cc1nc(Cl)c2c3c1CCOC3CS2. The summed E-state index contributed by atoms with van der Waals surface area (Å²) in [5.74, 6) is 0.993. The molecule has 2 aliphatic rings. The third-order valence-corrected chi connectivity index (χ3v) is 4.39. The summed E-state index contributed by atoms with van der Waals surface area (Å²) in [6.45, 7) is 2.86. The molecule has 0 saturated carbocycles. The maximum absolute atomic E-state index is 6.11. The van der Waals surface area contributed by atoms with Crippen molar-refractivity contribution >= 4 is 23.4 Å². The Labute approximate surface area is 92.0 Å². The van der Waals surface area contributed by atoms with Gasteiger partial charge in [0, 0.05) is 17.0 Å². The number of ether oxygens (including phenoxy) is 1. The van der Waals surface area contributed by atoms with Crippen molar-refractivity contribution in [3.63, 3.8) is 0 Å². The molecule has 4 heteroatoms. The van der Waals surface area contributed by atoms with Gasteiger partial charge in [-0.05, 0) is 18.9 Å². The number of halogens is 1. The molecule has 0 radical (unpaired) electrons. The fraction of sp³-hybridized carbons (Fsp3) is 0.500. The van der Waals surface area contributed by atoms with Crippen LogP contribution in [-0.2, 0) is 11.2 Å². The van der Waals surface area contributed by atoms with E-state index in [2.05, 4.69) is 4.98 Å². The van der Waals surface area contributed by atoms with E-state index in [1.807, 2.05) is 6.92 Å². The van der Waals surface area contributed by atoms with Crippen LogP contribution in [0.5, 0.6) is 0 Å². The highest BCUT2D eigenvalue weighted by Gasteiger charge is 2.33. The van der Waals surface area contributed by atoms with E-state index in [0.29, 0.717) is 5.15 Å². The molecule has 0 aromatic carbocycles. The lowest BCUT2D eigenvalue weighted by Gasteiger charge is -2.23. The van der Waals surface area contributed by atoms with Crippen LogP contribution >= 0.6 is 23.4 Å². The molecular weight excluding hydrogens is 218 g/mol. The van der Waals surface area contributed by atoms with Gasteiger partial charge in [0.25, 0.3) is 0 Å². The highest BCUT2D eigenvalue weighted by molar-refractivity contribution is 7.99. The molecule has 14 heavy (non-hydrogen) atoms. The fourth-order valence-electron chi connectivity index (χ4n) is 2.18. The standard InChI is InChI=1S/C10H10ClNOS/c1-5-6-2-3-13-7-4-14-9(8(6)7)10(11)12-5/h7H,2-4H2,1H3. The summed E-state index contributed by atoms with van der Waals surface area (Å²) in [6.07, 6.45) is 1.24. The second kappa shape index (κ2) is 3.12. The van der Waals surface area contributed by atoms with Crippen LogP contribution in [0.1, 0.15) is 22.9 Å². The molecule has 2 nitrogen and oxygen atoms in total. The average Bonchev–Trinajstić information content (AvgIpc) is 2.59. The van der Waals surface area contributed by atoms with Crippen LogP contribution in [0.15, 0.2) is 4.90 Å². The molecule has 1 atom stereocenters. The molecule has 74 valence electrons. The van der Waals surface area contributed by atoms with Crippen molar-refractivity contribution in [1.29, 1.82) is 0 Å². The molecule has 1 unspecified atom stereocenters. The predicted octanol–water partition coefficient (Wildman–Crippen LogP) is 2.76. The van der Waals surface area contributed by atoms with E-state index in [9.17, 15) is 0 Å². The molecule has 1 aromatic heterocycles. The van der Waals surface area contributed by atoms with Crippen LogP contribution in [0.3, 0.4) is 0 Å². The Balaban J connectivity index is 2.30. The van der Waals surface area contributed by atoms with Crippen LogP contribution in [0.4, 0.5) is 0 Å². The summed E-state index contributed by atoms with van der Waals surface area (Å²) in [5, 5.41) is 0.652. The molecule has 2 aliphatic heterocycles. The van der Waals surface area contributed by atoms with Gasteiger partial charge < -0.3 is 4.74 Å². The average molecular weight is 228 g/mol. The first-order chi connectivity index (χ1) is 6.77. The maximum Gasteiger partial charge on any atom is 0.143 e. The van der Waals surface area contributed by atoms with Crippen molar-refractivity contribution in [3.05, 3.63) is 22.0 Å². The topological polar surface area (TPSA) is 22.1 Å². The summed E-state index contributed by atoms with van der Waals surface area (Å²) >= 11 is 7.88. The molecule has 3 heterocycles. The molecule has 0 fully saturated rings. The van der Waals surface area contributed by atoms with Gasteiger partial charge in [-0.15, -0.1) is 11.8 Å². The Morgan fingerprint density at radius 2 is 2.43 bits per heavy atom. The zero-order valence-corrected chi connectivity index (χ0v) is 9.41. The molecule has 3 rings (SSSR count). The van der Waals surface area contributed by atoms with Crippen LogP contribution in [-0.4, -0.2) is 17.3 Å². The Kier molecular flexibility index (Phi) is 2.01. The normalized spacial score (nSPS) is 23.7. The number of nitrogens with zero attached hydrogens (tertiary/aromatic N) is 1. The van der Waals surface area contributed by atoms with Crippen molar-refractivity contribution in [2.24, 2.45) is 0 Å². The lowest BCUT2D eigenvalue weighted by atomic mass is 9.98. The van der Waals surface area contributed by atoms with E-state index in [1.165, 1.54) is 11.1 Å². The van der Waals surface area contributed by atoms with Crippen molar-refractivity contribution in [2.75, 3.05) is 12.4 Å². The van der Waals surface area contributed by atoms with Crippen molar-refractivity contribution in [1.82, 2.24) is 4.98 Å². The minimum absolute atomic E-state index is 0.262. The predicted molar refractivity (Wildman–Crippen MR) is 57.1 cm³/mol. The second-order valence-electron chi connectivity index (χ2n) is 3.63. The van der Waals surface area contributed by atoms with Crippen LogP contribution in [0.25, 0.3) is 0 Å². The van der Waals surface area contributed by atoms with Gasteiger partial charge in [-0.1, -0.05) is 11.6 Å². The van der Waals surface area contributed by atoms with E-state index >= 15 is 0 Å². The van der Waals surface area contributed by atoms with E-state index in [4.69, 9.17) is 16.3 Å². The minimum atomic E-state index is 0.262. The first-order valence-electron chi connectivity index (χ1n) is 4.70. The molecule has 1 aromatic rings.